The molecule has 7 heteroatoms. The molecule has 1 fully saturated rings. The van der Waals surface area contributed by atoms with Crippen molar-refractivity contribution in [3.63, 3.8) is 0 Å². The van der Waals surface area contributed by atoms with E-state index in [9.17, 15) is 4.79 Å². The fraction of sp³-hybridized carbons (Fsp3) is 0.385. The highest BCUT2D eigenvalue weighted by molar-refractivity contribution is 7.16. The summed E-state index contributed by atoms with van der Waals surface area (Å²) in [5.41, 5.74) is 3.13. The molecule has 0 atom stereocenters. The maximum atomic E-state index is 12.1. The lowest BCUT2D eigenvalue weighted by Crippen LogP contribution is -2.38. The molecule has 3 aromatic rings. The largest absolute Gasteiger partial charge is 0.493 e. The van der Waals surface area contributed by atoms with Gasteiger partial charge < -0.3 is 20.1 Å². The number of hydrogen-bond donors (Lipinski definition) is 2. The number of anilines is 1. The number of amides is 1. The number of ether oxygens (including phenoxy) is 2. The van der Waals surface area contributed by atoms with Crippen molar-refractivity contribution in [2.24, 2.45) is 5.92 Å². The van der Waals surface area contributed by atoms with Crippen LogP contribution in [0.2, 0.25) is 0 Å². The van der Waals surface area contributed by atoms with Crippen molar-refractivity contribution >= 4 is 22.6 Å². The molecule has 1 aromatic heterocycles. The number of rotatable bonds is 6. The van der Waals surface area contributed by atoms with Crippen LogP contribution in [0.25, 0.3) is 11.3 Å². The van der Waals surface area contributed by atoms with Gasteiger partial charge >= 0.3 is 6.09 Å². The SMILES string of the molecule is O=C(NC1CCC(CNc2nc3c(s2)CCOc2ccccc2-3)CC1)OCc1ccccc1. The van der Waals surface area contributed by atoms with Gasteiger partial charge in [-0.1, -0.05) is 42.5 Å². The van der Waals surface area contributed by atoms with E-state index in [-0.39, 0.29) is 12.1 Å². The van der Waals surface area contributed by atoms with Crippen LogP contribution in [0.15, 0.2) is 54.6 Å². The molecule has 1 saturated carbocycles. The van der Waals surface area contributed by atoms with E-state index in [1.165, 1.54) is 4.88 Å². The molecule has 0 spiro atoms. The minimum atomic E-state index is -0.325. The third-order valence-corrected chi connectivity index (χ3v) is 7.42. The molecule has 2 heterocycles. The highest BCUT2D eigenvalue weighted by Crippen LogP contribution is 2.39. The van der Waals surface area contributed by atoms with Crippen molar-refractivity contribution < 1.29 is 14.3 Å². The second kappa shape index (κ2) is 10.3. The van der Waals surface area contributed by atoms with Crippen LogP contribution in [0, 0.1) is 5.92 Å². The van der Waals surface area contributed by atoms with Crippen molar-refractivity contribution in [2.45, 2.75) is 44.8 Å². The fourth-order valence-corrected chi connectivity index (χ4v) is 5.49. The zero-order valence-electron chi connectivity index (χ0n) is 18.6. The first-order valence-electron chi connectivity index (χ1n) is 11.7. The fourth-order valence-electron chi connectivity index (χ4n) is 4.52. The Morgan fingerprint density at radius 2 is 1.85 bits per heavy atom. The van der Waals surface area contributed by atoms with E-state index in [2.05, 4.69) is 16.7 Å². The minimum Gasteiger partial charge on any atom is -0.493 e. The van der Waals surface area contributed by atoms with Gasteiger partial charge in [-0.3, -0.25) is 0 Å². The maximum Gasteiger partial charge on any atom is 0.407 e. The van der Waals surface area contributed by atoms with Crippen LogP contribution >= 0.6 is 11.3 Å². The van der Waals surface area contributed by atoms with Crippen LogP contribution in [-0.4, -0.2) is 30.3 Å². The van der Waals surface area contributed by atoms with E-state index in [1.807, 2.05) is 48.5 Å². The third kappa shape index (κ3) is 5.47. The molecule has 0 saturated heterocycles. The van der Waals surface area contributed by atoms with E-state index >= 15 is 0 Å². The van der Waals surface area contributed by atoms with Crippen LogP contribution in [0.4, 0.5) is 9.93 Å². The number of aromatic nitrogens is 1. The average molecular weight is 464 g/mol. The summed E-state index contributed by atoms with van der Waals surface area (Å²) in [6.45, 7) is 1.91. The Labute approximate surface area is 198 Å². The van der Waals surface area contributed by atoms with Gasteiger partial charge in [0.25, 0.3) is 0 Å². The molecular formula is C26H29N3O3S. The van der Waals surface area contributed by atoms with Gasteiger partial charge in [-0.05, 0) is 49.3 Å². The third-order valence-electron chi connectivity index (χ3n) is 6.35. The second-order valence-electron chi connectivity index (χ2n) is 8.69. The van der Waals surface area contributed by atoms with Gasteiger partial charge in [0.1, 0.15) is 12.4 Å². The average Bonchev–Trinajstić information content (AvgIpc) is 3.18. The number of carbonyl (C=O) groups is 1. The summed E-state index contributed by atoms with van der Waals surface area (Å²) < 4.78 is 11.2. The smallest absolute Gasteiger partial charge is 0.407 e. The van der Waals surface area contributed by atoms with Crippen LogP contribution in [0.1, 0.15) is 36.1 Å². The number of carbonyl (C=O) groups excluding carboxylic acids is 1. The monoisotopic (exact) mass is 463 g/mol. The Balaban J connectivity index is 1.07. The molecule has 5 rings (SSSR count). The van der Waals surface area contributed by atoms with Crippen LogP contribution in [0.5, 0.6) is 5.75 Å². The molecule has 1 aliphatic heterocycles. The summed E-state index contributed by atoms with van der Waals surface area (Å²) in [4.78, 5) is 18.3. The molecule has 2 N–H and O–H groups in total. The number of alkyl carbamates (subject to hydrolysis) is 1. The molecule has 1 amide bonds. The Morgan fingerprint density at radius 1 is 1.06 bits per heavy atom. The lowest BCUT2D eigenvalue weighted by molar-refractivity contribution is 0.131. The quantitative estimate of drug-likeness (QED) is 0.495. The molecular weight excluding hydrogens is 434 g/mol. The van der Waals surface area contributed by atoms with Crippen LogP contribution in [-0.2, 0) is 17.8 Å². The number of hydrogen-bond acceptors (Lipinski definition) is 6. The number of fused-ring (bicyclic) bond motifs is 3. The molecule has 0 bridgehead atoms. The Hall–Kier alpha value is -3.06. The number of thiazole rings is 1. The normalized spacial score (nSPS) is 19.4. The van der Waals surface area contributed by atoms with Crippen LogP contribution < -0.4 is 15.4 Å². The van der Waals surface area contributed by atoms with E-state index < -0.39 is 0 Å². The zero-order chi connectivity index (χ0) is 22.5. The summed E-state index contributed by atoms with van der Waals surface area (Å²) >= 11 is 1.74. The predicted octanol–water partition coefficient (Wildman–Crippen LogP) is 5.64. The van der Waals surface area contributed by atoms with Crippen molar-refractivity contribution in [1.29, 1.82) is 0 Å². The van der Waals surface area contributed by atoms with Crippen molar-refractivity contribution in [1.82, 2.24) is 10.3 Å². The van der Waals surface area contributed by atoms with E-state index in [4.69, 9.17) is 14.5 Å². The topological polar surface area (TPSA) is 72.5 Å². The Morgan fingerprint density at radius 3 is 2.70 bits per heavy atom. The first-order valence-corrected chi connectivity index (χ1v) is 12.5. The predicted molar refractivity (Wildman–Crippen MR) is 131 cm³/mol. The lowest BCUT2D eigenvalue weighted by Gasteiger charge is -2.28. The molecule has 2 aromatic carbocycles. The lowest BCUT2D eigenvalue weighted by atomic mass is 9.86. The molecule has 6 nitrogen and oxygen atoms in total. The Bertz CT molecular complexity index is 1080. The summed E-state index contributed by atoms with van der Waals surface area (Å²) in [6, 6.07) is 18.1. The summed E-state index contributed by atoms with van der Waals surface area (Å²) in [5, 5.41) is 7.59. The van der Waals surface area contributed by atoms with Gasteiger partial charge in [-0.15, -0.1) is 11.3 Å². The molecule has 172 valence electrons. The van der Waals surface area contributed by atoms with Gasteiger partial charge in [0, 0.05) is 29.4 Å². The van der Waals surface area contributed by atoms with Gasteiger partial charge in [-0.2, -0.15) is 0 Å². The minimum absolute atomic E-state index is 0.192. The van der Waals surface area contributed by atoms with E-state index in [0.717, 1.165) is 66.4 Å². The second-order valence-corrected chi connectivity index (χ2v) is 9.77. The molecule has 1 aliphatic carbocycles. The van der Waals surface area contributed by atoms with Gasteiger partial charge in [-0.25, -0.2) is 9.78 Å². The van der Waals surface area contributed by atoms with Gasteiger partial charge in [0.05, 0.1) is 12.3 Å². The standard InChI is InChI=1S/C26H29N3O3S/c30-26(32-17-19-6-2-1-3-7-19)28-20-12-10-18(11-13-20)16-27-25-29-24-21-8-4-5-9-22(21)31-15-14-23(24)33-25/h1-9,18,20H,10-17H2,(H,27,29)(H,28,30). The van der Waals surface area contributed by atoms with Crippen molar-refractivity contribution in [3.8, 4) is 17.0 Å². The summed E-state index contributed by atoms with van der Waals surface area (Å²) in [6.07, 6.45) is 4.68. The van der Waals surface area contributed by atoms with Gasteiger partial charge in [0.15, 0.2) is 5.13 Å². The van der Waals surface area contributed by atoms with Gasteiger partial charge in [0.2, 0.25) is 0 Å². The van der Waals surface area contributed by atoms with E-state index in [1.54, 1.807) is 11.3 Å². The number of para-hydroxylation sites is 1. The first-order chi connectivity index (χ1) is 16.2. The summed E-state index contributed by atoms with van der Waals surface area (Å²) in [7, 11) is 0. The molecule has 0 unspecified atom stereocenters. The zero-order valence-corrected chi connectivity index (χ0v) is 19.4. The number of nitrogens with one attached hydrogen (secondary N) is 2. The first kappa shape index (κ1) is 21.8. The van der Waals surface area contributed by atoms with Crippen molar-refractivity contribution in [2.75, 3.05) is 18.5 Å². The highest BCUT2D eigenvalue weighted by Gasteiger charge is 2.24. The molecule has 2 aliphatic rings. The van der Waals surface area contributed by atoms with E-state index in [0.29, 0.717) is 19.1 Å². The molecule has 0 radical (unpaired) electrons. The van der Waals surface area contributed by atoms with Crippen molar-refractivity contribution in [3.05, 3.63) is 65.0 Å². The Kier molecular flexibility index (Phi) is 6.76. The summed E-state index contributed by atoms with van der Waals surface area (Å²) in [5.74, 6) is 1.50. The maximum absolute atomic E-state index is 12.1. The number of nitrogens with zero attached hydrogens (tertiary/aromatic N) is 1. The van der Waals surface area contributed by atoms with Crippen LogP contribution in [0.3, 0.4) is 0 Å². The molecule has 33 heavy (non-hydrogen) atoms. The number of benzene rings is 2. The highest BCUT2D eigenvalue weighted by atomic mass is 32.1.